The largest absolute Gasteiger partial charge is 0.497 e. The SMILES string of the molecule is COc1cccc(CC(N)Cc2cccc3ccc(OC)cc23)c1. The summed E-state index contributed by atoms with van der Waals surface area (Å²) in [7, 11) is 3.38. The van der Waals surface area contributed by atoms with E-state index in [1.165, 1.54) is 21.9 Å². The lowest BCUT2D eigenvalue weighted by molar-refractivity contribution is 0.414. The van der Waals surface area contributed by atoms with Gasteiger partial charge in [-0.05, 0) is 59.0 Å². The molecule has 0 aliphatic rings. The number of nitrogens with two attached hydrogens (primary N) is 1. The Bertz CT molecular complexity index is 829. The van der Waals surface area contributed by atoms with E-state index in [1.807, 2.05) is 24.3 Å². The molecule has 1 atom stereocenters. The lowest BCUT2D eigenvalue weighted by atomic mass is 9.95. The van der Waals surface area contributed by atoms with Crippen molar-refractivity contribution in [2.45, 2.75) is 18.9 Å². The fourth-order valence-electron chi connectivity index (χ4n) is 3.08. The lowest BCUT2D eigenvalue weighted by Crippen LogP contribution is -2.25. The van der Waals surface area contributed by atoms with Gasteiger partial charge in [0.2, 0.25) is 0 Å². The Hall–Kier alpha value is -2.52. The van der Waals surface area contributed by atoms with Crippen LogP contribution in [0.5, 0.6) is 11.5 Å². The van der Waals surface area contributed by atoms with Gasteiger partial charge in [0.15, 0.2) is 0 Å². The lowest BCUT2D eigenvalue weighted by Gasteiger charge is -2.15. The second-order valence-corrected chi connectivity index (χ2v) is 6.02. The van der Waals surface area contributed by atoms with E-state index in [9.17, 15) is 0 Å². The number of hydrogen-bond donors (Lipinski definition) is 1. The molecule has 3 heteroatoms. The predicted octanol–water partition coefficient (Wildman–Crippen LogP) is 3.97. The van der Waals surface area contributed by atoms with Crippen molar-refractivity contribution >= 4 is 10.8 Å². The molecular formula is C21H23NO2. The molecule has 3 aromatic rings. The summed E-state index contributed by atoms with van der Waals surface area (Å²) in [5, 5.41) is 2.42. The molecule has 0 saturated carbocycles. The van der Waals surface area contributed by atoms with Gasteiger partial charge in [-0.1, -0.05) is 36.4 Å². The minimum absolute atomic E-state index is 0.0499. The summed E-state index contributed by atoms with van der Waals surface area (Å²) in [6.07, 6.45) is 1.64. The van der Waals surface area contributed by atoms with Crippen molar-refractivity contribution in [2.24, 2.45) is 5.73 Å². The van der Waals surface area contributed by atoms with Crippen LogP contribution in [-0.2, 0) is 12.8 Å². The second kappa shape index (κ2) is 7.37. The Labute approximate surface area is 143 Å². The minimum Gasteiger partial charge on any atom is -0.497 e. The zero-order chi connectivity index (χ0) is 16.9. The molecule has 3 nitrogen and oxygen atoms in total. The molecule has 3 rings (SSSR count). The van der Waals surface area contributed by atoms with Crippen molar-refractivity contribution in [3.63, 3.8) is 0 Å². The molecule has 3 aromatic carbocycles. The molecule has 124 valence electrons. The molecule has 0 aliphatic carbocycles. The highest BCUT2D eigenvalue weighted by molar-refractivity contribution is 5.87. The highest BCUT2D eigenvalue weighted by Gasteiger charge is 2.09. The second-order valence-electron chi connectivity index (χ2n) is 6.02. The number of rotatable bonds is 6. The van der Waals surface area contributed by atoms with Crippen molar-refractivity contribution in [2.75, 3.05) is 14.2 Å². The van der Waals surface area contributed by atoms with E-state index in [4.69, 9.17) is 15.2 Å². The summed E-state index contributed by atoms with van der Waals surface area (Å²) in [4.78, 5) is 0. The Kier molecular flexibility index (Phi) is 5.02. The maximum Gasteiger partial charge on any atom is 0.119 e. The summed E-state index contributed by atoms with van der Waals surface area (Å²) in [6.45, 7) is 0. The van der Waals surface area contributed by atoms with Gasteiger partial charge >= 0.3 is 0 Å². The van der Waals surface area contributed by atoms with E-state index in [0.29, 0.717) is 0 Å². The van der Waals surface area contributed by atoms with Gasteiger partial charge in [0.05, 0.1) is 14.2 Å². The molecule has 0 aromatic heterocycles. The predicted molar refractivity (Wildman–Crippen MR) is 98.9 cm³/mol. The van der Waals surface area contributed by atoms with E-state index < -0.39 is 0 Å². The molecule has 0 spiro atoms. The highest BCUT2D eigenvalue weighted by Crippen LogP contribution is 2.25. The van der Waals surface area contributed by atoms with Crippen molar-refractivity contribution < 1.29 is 9.47 Å². The van der Waals surface area contributed by atoms with Crippen molar-refractivity contribution in [1.82, 2.24) is 0 Å². The molecule has 0 heterocycles. The molecule has 0 fully saturated rings. The topological polar surface area (TPSA) is 44.5 Å². The van der Waals surface area contributed by atoms with Crippen molar-refractivity contribution in [3.05, 3.63) is 71.8 Å². The van der Waals surface area contributed by atoms with E-state index in [2.05, 4.69) is 36.4 Å². The average molecular weight is 321 g/mol. The third kappa shape index (κ3) is 3.69. The van der Waals surface area contributed by atoms with E-state index in [-0.39, 0.29) is 6.04 Å². The Morgan fingerprint density at radius 1 is 0.833 bits per heavy atom. The fraction of sp³-hybridized carbons (Fsp3) is 0.238. The fourth-order valence-corrected chi connectivity index (χ4v) is 3.08. The molecular weight excluding hydrogens is 298 g/mol. The summed E-state index contributed by atoms with van der Waals surface area (Å²) in [6, 6.07) is 20.7. The van der Waals surface area contributed by atoms with Crippen LogP contribution >= 0.6 is 0 Å². The average Bonchev–Trinajstić information content (AvgIpc) is 2.61. The van der Waals surface area contributed by atoms with Gasteiger partial charge in [-0.2, -0.15) is 0 Å². The van der Waals surface area contributed by atoms with Gasteiger partial charge in [0.25, 0.3) is 0 Å². The standard InChI is InChI=1S/C21H23NO2/c1-23-19-8-3-5-15(12-19)11-18(22)13-17-7-4-6-16-9-10-20(24-2)14-21(16)17/h3-10,12,14,18H,11,13,22H2,1-2H3. The molecule has 0 aliphatic heterocycles. The summed E-state index contributed by atoms with van der Waals surface area (Å²) in [5.41, 5.74) is 8.86. The first-order valence-electron chi connectivity index (χ1n) is 8.14. The van der Waals surface area contributed by atoms with E-state index in [1.54, 1.807) is 14.2 Å². The number of benzene rings is 3. The molecule has 0 radical (unpaired) electrons. The number of hydrogen-bond acceptors (Lipinski definition) is 3. The number of fused-ring (bicyclic) bond motifs is 1. The maximum absolute atomic E-state index is 6.42. The van der Waals surface area contributed by atoms with Gasteiger partial charge in [0, 0.05) is 6.04 Å². The monoisotopic (exact) mass is 321 g/mol. The van der Waals surface area contributed by atoms with Crippen molar-refractivity contribution in [3.8, 4) is 11.5 Å². The van der Waals surface area contributed by atoms with Crippen LogP contribution in [0.3, 0.4) is 0 Å². The molecule has 24 heavy (non-hydrogen) atoms. The van der Waals surface area contributed by atoms with E-state index in [0.717, 1.165) is 24.3 Å². The summed E-state index contributed by atoms with van der Waals surface area (Å²) >= 11 is 0. The highest BCUT2D eigenvalue weighted by atomic mass is 16.5. The van der Waals surface area contributed by atoms with Crippen LogP contribution < -0.4 is 15.2 Å². The van der Waals surface area contributed by atoms with Crippen molar-refractivity contribution in [1.29, 1.82) is 0 Å². The van der Waals surface area contributed by atoms with Crippen LogP contribution in [0, 0.1) is 0 Å². The first-order valence-corrected chi connectivity index (χ1v) is 8.14. The van der Waals surface area contributed by atoms with Crippen LogP contribution in [0.2, 0.25) is 0 Å². The quantitative estimate of drug-likeness (QED) is 0.747. The number of methoxy groups -OCH3 is 2. The Morgan fingerprint density at radius 3 is 2.38 bits per heavy atom. The summed E-state index contributed by atoms with van der Waals surface area (Å²) in [5.74, 6) is 1.74. The van der Waals surface area contributed by atoms with Gasteiger partial charge in [-0.3, -0.25) is 0 Å². The molecule has 2 N–H and O–H groups in total. The normalized spacial score (nSPS) is 12.1. The van der Waals surface area contributed by atoms with E-state index >= 15 is 0 Å². The van der Waals surface area contributed by atoms with Crippen LogP contribution in [0.1, 0.15) is 11.1 Å². The Balaban J connectivity index is 1.80. The minimum atomic E-state index is 0.0499. The Morgan fingerprint density at radius 2 is 1.58 bits per heavy atom. The molecule has 1 unspecified atom stereocenters. The molecule has 0 saturated heterocycles. The zero-order valence-electron chi connectivity index (χ0n) is 14.2. The molecule has 0 bridgehead atoms. The van der Waals surface area contributed by atoms with Gasteiger partial charge in [-0.25, -0.2) is 0 Å². The van der Waals surface area contributed by atoms with Crippen LogP contribution in [0.25, 0.3) is 10.8 Å². The first kappa shape index (κ1) is 16.3. The molecule has 0 amide bonds. The zero-order valence-corrected chi connectivity index (χ0v) is 14.2. The summed E-state index contributed by atoms with van der Waals surface area (Å²) < 4.78 is 10.6. The van der Waals surface area contributed by atoms with Gasteiger partial charge in [0.1, 0.15) is 11.5 Å². The van der Waals surface area contributed by atoms with Crippen LogP contribution in [0.15, 0.2) is 60.7 Å². The number of ether oxygens (including phenoxy) is 2. The van der Waals surface area contributed by atoms with Crippen LogP contribution in [0.4, 0.5) is 0 Å². The maximum atomic E-state index is 6.42. The van der Waals surface area contributed by atoms with Gasteiger partial charge < -0.3 is 15.2 Å². The smallest absolute Gasteiger partial charge is 0.119 e. The van der Waals surface area contributed by atoms with Crippen LogP contribution in [-0.4, -0.2) is 20.3 Å². The van der Waals surface area contributed by atoms with Gasteiger partial charge in [-0.15, -0.1) is 0 Å². The third-order valence-corrected chi connectivity index (χ3v) is 4.29. The third-order valence-electron chi connectivity index (χ3n) is 4.29. The first-order chi connectivity index (χ1) is 11.7.